The number of sulfonamides is 2. The molecular formula is C92H128N16O24S4. The molecule has 2 aliphatic heterocycles. The van der Waals surface area contributed by atoms with Gasteiger partial charge in [-0.1, -0.05) is 31.7 Å². The van der Waals surface area contributed by atoms with Crippen LogP contribution >= 0.6 is 23.5 Å². The molecular weight excluding hydrogens is 1840 g/mol. The van der Waals surface area contributed by atoms with Crippen molar-refractivity contribution in [3.05, 3.63) is 166 Å². The molecule has 2 aromatic carbocycles. The summed E-state index contributed by atoms with van der Waals surface area (Å²) in [5.41, 5.74) is 0.501. The average molecular weight is 1970 g/mol. The number of rotatable bonds is 56. The van der Waals surface area contributed by atoms with Gasteiger partial charge < -0.3 is 79.3 Å². The molecule has 2 aliphatic rings. The van der Waals surface area contributed by atoms with Gasteiger partial charge in [-0.25, -0.2) is 55.1 Å². The lowest BCUT2D eigenvalue weighted by atomic mass is 10.0. The van der Waals surface area contributed by atoms with Gasteiger partial charge in [-0.05, 0) is 172 Å². The molecule has 136 heavy (non-hydrogen) atoms. The third-order valence-corrected chi connectivity index (χ3v) is 27.7. The second kappa shape index (κ2) is 52.4. The van der Waals surface area contributed by atoms with Crippen molar-refractivity contribution >= 4 is 113 Å². The summed E-state index contributed by atoms with van der Waals surface area (Å²) in [5, 5.41) is 16.8. The average Bonchev–Trinajstić information content (AvgIpc) is 1.60. The number of pyridine rings is 4. The number of thioether (sulfide) groups is 2. The summed E-state index contributed by atoms with van der Waals surface area (Å²) in [5.74, 6) is -4.03. The van der Waals surface area contributed by atoms with Gasteiger partial charge in [0.1, 0.15) is 58.2 Å². The normalized spacial score (nSPS) is 15.6. The van der Waals surface area contributed by atoms with Crippen LogP contribution in [0.1, 0.15) is 120 Å². The summed E-state index contributed by atoms with van der Waals surface area (Å²) in [6, 6.07) is 21.0. The Morgan fingerprint density at radius 2 is 0.757 bits per heavy atom. The SMILES string of the molecule is C.CC(C)(C)OC(=O)[C@H](Cc1ccc(-n2c(=O)n(CC(=O)NCCOCCOCCC(=O)NCCCOCCOCCCOCCOCCCNC(=O)CCOCCOCCNC(=O)Cn3c(=O)n(-c4ccc(C[C@H](NC(=O)[C@H]5N(S(=O)(=O)c6cccnc6)CSC5(C)C)C(=O)OC(C)(C)C)cc4)c4ncccc43)c3cccnc32)cc1)NC(=O)[C@H]1N(S(=O)(=O)c2cccnc2)CSC1(C)C. The lowest BCUT2D eigenvalue weighted by Gasteiger charge is -2.32. The Morgan fingerprint density at radius 3 is 1.10 bits per heavy atom. The molecule has 0 unspecified atom stereocenters. The highest BCUT2D eigenvalue weighted by Crippen LogP contribution is 2.44. The van der Waals surface area contributed by atoms with Crippen molar-refractivity contribution in [1.29, 1.82) is 0 Å². The standard InChI is InChI=1S/C91H124N16O24S4.CH4/c1-88(2,3)130-84(114)70(100-82(112)78-90(7,8)132-62-104(78)134(118,119)68-18-11-32-92-58-68)56-64-22-26-66(27-23-64)106-80-72(20-13-34-98-80)102(86(106)116)60-76(110)96-38-46-128-54-52-126-44-30-74(108)94-36-15-40-122-48-50-124-42-17-43-125-51-49-123-41-16-37-95-75(109)31-45-127-53-55-129-47-39-97-77(111)61-103-73-21-14-35-99-81(73)107(87(103)117)67-28-24-65(25-29-67)57-71(85(115)131-89(4,5)6)101-83(113)79-91(9,10)133-63-105(79)135(120,121)69-19-12-33-93-59-69;/h11-14,18-29,32-35,58-59,70-71,78-79H,15-17,30-31,36-57,60-63H2,1-10H3,(H,94,108)(H,95,109)(H,96,110)(H,97,111)(H,100,112)(H,101,113);1H4/t70-,71-,78+,79+;/m0./s1. The van der Waals surface area contributed by atoms with Crippen LogP contribution in [0.4, 0.5) is 0 Å². The van der Waals surface area contributed by atoms with Crippen molar-refractivity contribution in [1.82, 2.24) is 78.7 Å². The van der Waals surface area contributed by atoms with E-state index in [1.165, 1.54) is 103 Å². The quantitative estimate of drug-likeness (QED) is 0.0211. The predicted molar refractivity (Wildman–Crippen MR) is 509 cm³/mol. The second-order valence-electron chi connectivity index (χ2n) is 34.6. The van der Waals surface area contributed by atoms with Crippen molar-refractivity contribution in [3.8, 4) is 11.4 Å². The molecule has 2 saturated heterocycles. The van der Waals surface area contributed by atoms with E-state index in [0.717, 1.165) is 8.61 Å². The maximum Gasteiger partial charge on any atom is 0.335 e. The van der Waals surface area contributed by atoms with E-state index >= 15 is 0 Å². The van der Waals surface area contributed by atoms with Gasteiger partial charge in [0, 0.05) is 125 Å². The van der Waals surface area contributed by atoms with Crippen LogP contribution in [0.25, 0.3) is 33.7 Å². The Labute approximate surface area is 800 Å². The van der Waals surface area contributed by atoms with Gasteiger partial charge in [0.2, 0.25) is 55.5 Å². The van der Waals surface area contributed by atoms with Crippen LogP contribution in [0.15, 0.2) is 154 Å². The molecule has 0 saturated carbocycles. The molecule has 0 spiro atoms. The maximum atomic E-state index is 14.3. The first-order valence-corrected chi connectivity index (χ1v) is 49.5. The summed E-state index contributed by atoms with van der Waals surface area (Å²) >= 11 is 2.58. The number of nitrogens with zero attached hydrogens (tertiary/aromatic N) is 10. The minimum atomic E-state index is -4.16. The number of benzene rings is 2. The summed E-state index contributed by atoms with van der Waals surface area (Å²) < 4.78 is 117. The predicted octanol–water partition coefficient (Wildman–Crippen LogP) is 5.18. The van der Waals surface area contributed by atoms with Crippen molar-refractivity contribution in [2.75, 3.05) is 144 Å². The van der Waals surface area contributed by atoms with E-state index in [2.05, 4.69) is 51.8 Å². The Bertz CT molecular complexity index is 5280. The van der Waals surface area contributed by atoms with Crippen molar-refractivity contribution in [2.24, 2.45) is 0 Å². The van der Waals surface area contributed by atoms with E-state index in [-0.39, 0.29) is 146 Å². The van der Waals surface area contributed by atoms with E-state index in [9.17, 15) is 64.8 Å². The highest BCUT2D eigenvalue weighted by atomic mass is 32.2. The van der Waals surface area contributed by atoms with Crippen molar-refractivity contribution in [2.45, 2.75) is 189 Å². The van der Waals surface area contributed by atoms with Gasteiger partial charge in [0.05, 0.1) is 113 Å². The number of imidazole rings is 2. The Kier molecular flexibility index (Phi) is 42.0. The van der Waals surface area contributed by atoms with Gasteiger partial charge in [-0.15, -0.1) is 23.5 Å². The molecule has 6 amide bonds. The number of amides is 6. The minimum absolute atomic E-state index is 0. The van der Waals surface area contributed by atoms with E-state index in [1.54, 1.807) is 142 Å². The molecule has 40 nitrogen and oxygen atoms in total. The van der Waals surface area contributed by atoms with E-state index < -0.39 is 112 Å². The number of aromatic nitrogens is 8. The van der Waals surface area contributed by atoms with Crippen LogP contribution in [-0.2, 0) is 132 Å². The minimum Gasteiger partial charge on any atom is -0.458 e. The fourth-order valence-corrected chi connectivity index (χ4v) is 20.7. The van der Waals surface area contributed by atoms with Crippen molar-refractivity contribution in [3.63, 3.8) is 0 Å². The number of ether oxygens (including phenoxy) is 10. The fourth-order valence-electron chi connectivity index (χ4n) is 14.4. The van der Waals surface area contributed by atoms with Crippen LogP contribution < -0.4 is 43.3 Å². The molecule has 6 aromatic heterocycles. The van der Waals surface area contributed by atoms with Crippen LogP contribution in [-0.4, -0.2) is 300 Å². The fraction of sp³-hybridized carbons (Fsp3) is 0.543. The summed E-state index contributed by atoms with van der Waals surface area (Å²) in [6.45, 7) is 22.9. The molecule has 0 aliphatic carbocycles. The number of carbonyl (C=O) groups excluding carboxylic acids is 8. The van der Waals surface area contributed by atoms with Gasteiger partial charge in [0.15, 0.2) is 11.3 Å². The lowest BCUT2D eigenvalue weighted by Crippen LogP contribution is -2.57. The first kappa shape index (κ1) is 109. The highest BCUT2D eigenvalue weighted by molar-refractivity contribution is 8.02. The molecule has 4 atom stereocenters. The van der Waals surface area contributed by atoms with Gasteiger partial charge in [-0.2, -0.15) is 8.61 Å². The number of hydrogen-bond donors (Lipinski definition) is 6. The largest absolute Gasteiger partial charge is 0.458 e. The molecule has 0 bridgehead atoms. The zero-order chi connectivity index (χ0) is 97.4. The Hall–Kier alpha value is -10.5. The molecule has 2 fully saturated rings. The summed E-state index contributed by atoms with van der Waals surface area (Å²) in [6.07, 6.45) is 10.6. The van der Waals surface area contributed by atoms with Gasteiger partial charge in [0.25, 0.3) is 0 Å². The monoisotopic (exact) mass is 1970 g/mol. The zero-order valence-electron chi connectivity index (χ0n) is 77.8. The third-order valence-electron chi connectivity index (χ3n) is 21.0. The van der Waals surface area contributed by atoms with E-state index in [0.29, 0.717) is 130 Å². The van der Waals surface area contributed by atoms with Crippen molar-refractivity contribution < 1.29 is 103 Å². The molecule has 6 N–H and O–H groups in total. The van der Waals surface area contributed by atoms with Crippen LogP contribution in [0.2, 0.25) is 0 Å². The van der Waals surface area contributed by atoms with Gasteiger partial charge in [-0.3, -0.25) is 47.9 Å². The van der Waals surface area contributed by atoms with Gasteiger partial charge >= 0.3 is 23.3 Å². The molecule has 744 valence electrons. The molecule has 10 rings (SSSR count). The maximum absolute atomic E-state index is 14.3. The topological polar surface area (TPSA) is 481 Å². The molecule has 44 heteroatoms. The summed E-state index contributed by atoms with van der Waals surface area (Å²) in [7, 11) is -8.31. The van der Waals surface area contributed by atoms with Crippen LogP contribution in [0.5, 0.6) is 0 Å². The molecule has 0 radical (unpaired) electrons. The first-order valence-electron chi connectivity index (χ1n) is 44.6. The van der Waals surface area contributed by atoms with Crippen LogP contribution in [0.3, 0.4) is 0 Å². The number of nitrogens with one attached hydrogen (secondary N) is 6. The number of fused-ring (bicyclic) bond motifs is 2. The second-order valence-corrected chi connectivity index (χ2v) is 41.6. The molecule has 8 aromatic rings. The van der Waals surface area contributed by atoms with E-state index in [1.807, 2.05) is 0 Å². The Balaban J connectivity index is 0.0000207. The third kappa shape index (κ3) is 32.3. The Morgan fingerprint density at radius 1 is 0.426 bits per heavy atom. The zero-order valence-corrected chi connectivity index (χ0v) is 81.1. The smallest absolute Gasteiger partial charge is 0.335 e. The van der Waals surface area contributed by atoms with Crippen LogP contribution in [0, 0.1) is 0 Å². The number of esters is 2. The number of hydrogen-bond acceptors (Lipinski definition) is 30. The molecule has 8 heterocycles. The van der Waals surface area contributed by atoms with E-state index in [4.69, 9.17) is 47.4 Å². The lowest BCUT2D eigenvalue weighted by molar-refractivity contribution is -0.159. The number of carbonyl (C=O) groups is 8. The first-order chi connectivity index (χ1) is 64.4. The summed E-state index contributed by atoms with van der Waals surface area (Å²) in [4.78, 5) is 152. The highest BCUT2D eigenvalue weighted by Gasteiger charge is 2.54.